The number of halogens is 3. The van der Waals surface area contributed by atoms with Crippen LogP contribution in [0, 0.1) is 0 Å². The van der Waals surface area contributed by atoms with Crippen LogP contribution in [-0.2, 0) is 6.18 Å². The number of pyridine rings is 1. The quantitative estimate of drug-likeness (QED) is 0.537. The summed E-state index contributed by atoms with van der Waals surface area (Å²) in [4.78, 5) is 36.2. The van der Waals surface area contributed by atoms with Crippen LogP contribution >= 0.6 is 11.3 Å². The maximum absolute atomic E-state index is 14.2. The van der Waals surface area contributed by atoms with Crippen molar-refractivity contribution >= 4 is 29.0 Å². The van der Waals surface area contributed by atoms with Gasteiger partial charge < -0.3 is 20.6 Å². The predicted octanol–water partition coefficient (Wildman–Crippen LogP) is 4.31. The van der Waals surface area contributed by atoms with Crippen LogP contribution in [0.2, 0.25) is 0 Å². The average Bonchev–Trinajstić information content (AvgIpc) is 3.37. The highest BCUT2D eigenvalue weighted by molar-refractivity contribution is 7.17. The average molecular weight is 526 g/mol. The second kappa shape index (κ2) is 9.62. The Hall–Kier alpha value is -2.73. The zero-order chi connectivity index (χ0) is 26.4. The number of aromatic nitrogens is 2. The third-order valence-corrected chi connectivity index (χ3v) is 7.33. The van der Waals surface area contributed by atoms with E-state index in [-0.39, 0.29) is 39.0 Å². The molecule has 3 N–H and O–H groups in total. The van der Waals surface area contributed by atoms with E-state index in [1.54, 1.807) is 25.7 Å². The molecule has 0 radical (unpaired) electrons. The first-order valence-corrected chi connectivity index (χ1v) is 12.7. The monoisotopic (exact) mass is 525 g/mol. The largest absolute Gasteiger partial charge is 0.417 e. The Labute approximate surface area is 211 Å². The molecule has 36 heavy (non-hydrogen) atoms. The molecule has 12 heteroatoms. The summed E-state index contributed by atoms with van der Waals surface area (Å²) in [6, 6.07) is 0.592. The smallest absolute Gasteiger partial charge is 0.393 e. The fourth-order valence-corrected chi connectivity index (χ4v) is 5.38. The Kier molecular flexibility index (Phi) is 7.04. The van der Waals surface area contributed by atoms with E-state index in [2.05, 4.69) is 20.6 Å². The van der Waals surface area contributed by atoms with Gasteiger partial charge in [0.15, 0.2) is 5.01 Å². The van der Waals surface area contributed by atoms with Gasteiger partial charge in [0.2, 0.25) is 0 Å². The molecule has 4 rings (SSSR count). The lowest BCUT2D eigenvalue weighted by Gasteiger charge is -2.31. The molecule has 1 aliphatic carbocycles. The summed E-state index contributed by atoms with van der Waals surface area (Å²) in [5.74, 6) is -1.04. The molecule has 2 fully saturated rings. The SMILES string of the molecule is CC1CCCN1C(=O)c1nc(C(=O)NC2CC(O)C2)sc1-c1cnc(NC(C)(C)C)cc1C(F)(F)F. The second-order valence-electron chi connectivity index (χ2n) is 10.5. The summed E-state index contributed by atoms with van der Waals surface area (Å²) in [6.07, 6.45) is -1.79. The van der Waals surface area contributed by atoms with Crippen molar-refractivity contribution in [3.05, 3.63) is 28.5 Å². The minimum atomic E-state index is -4.73. The lowest BCUT2D eigenvalue weighted by Crippen LogP contribution is -2.46. The Morgan fingerprint density at radius 1 is 1.22 bits per heavy atom. The molecule has 2 aromatic rings. The van der Waals surface area contributed by atoms with E-state index in [1.165, 1.54) is 0 Å². The summed E-state index contributed by atoms with van der Waals surface area (Å²) in [5.41, 5.74) is -1.97. The Bertz CT molecular complexity index is 1150. The summed E-state index contributed by atoms with van der Waals surface area (Å²) in [6.45, 7) is 7.76. The molecule has 0 bridgehead atoms. The number of nitrogens with one attached hydrogen (secondary N) is 2. The highest BCUT2D eigenvalue weighted by Crippen LogP contribution is 2.42. The van der Waals surface area contributed by atoms with Crippen LogP contribution in [-0.4, -0.2) is 62.1 Å². The van der Waals surface area contributed by atoms with Crippen molar-refractivity contribution in [3.63, 3.8) is 0 Å². The lowest BCUT2D eigenvalue weighted by molar-refractivity contribution is -0.137. The molecule has 2 amide bonds. The first-order chi connectivity index (χ1) is 16.7. The maximum atomic E-state index is 14.2. The van der Waals surface area contributed by atoms with Gasteiger partial charge in [-0.15, -0.1) is 11.3 Å². The van der Waals surface area contributed by atoms with Gasteiger partial charge in [0.25, 0.3) is 11.8 Å². The van der Waals surface area contributed by atoms with Crippen molar-refractivity contribution in [3.8, 4) is 10.4 Å². The fraction of sp³-hybridized carbons (Fsp3) is 0.583. The highest BCUT2D eigenvalue weighted by Gasteiger charge is 2.39. The third-order valence-electron chi connectivity index (χ3n) is 6.24. The fourth-order valence-electron chi connectivity index (χ4n) is 4.39. The number of thiazole rings is 1. The first-order valence-electron chi connectivity index (χ1n) is 11.9. The number of hydrogen-bond acceptors (Lipinski definition) is 7. The summed E-state index contributed by atoms with van der Waals surface area (Å²) in [7, 11) is 0. The second-order valence-corrected chi connectivity index (χ2v) is 11.5. The normalized spacial score (nSPS) is 22.3. The highest BCUT2D eigenvalue weighted by atomic mass is 32.1. The van der Waals surface area contributed by atoms with E-state index in [9.17, 15) is 27.9 Å². The number of alkyl halides is 3. The molecule has 1 saturated carbocycles. The standard InChI is InChI=1S/C24H30F3N5O3S/c1-12-6-5-7-32(12)22(35)18-19(36-21(30-18)20(34)29-13-8-14(33)9-13)15-11-28-17(31-23(2,3)4)10-16(15)24(25,26)27/h10-14,33H,5-9H2,1-4H3,(H,28,31)(H,29,34). The molecule has 1 saturated heterocycles. The van der Waals surface area contributed by atoms with Gasteiger partial charge in [0.05, 0.1) is 16.5 Å². The van der Waals surface area contributed by atoms with Gasteiger partial charge in [-0.05, 0) is 59.4 Å². The van der Waals surface area contributed by atoms with Gasteiger partial charge in [-0.1, -0.05) is 0 Å². The minimum absolute atomic E-state index is 0.0416. The molecule has 3 heterocycles. The van der Waals surface area contributed by atoms with Crippen LogP contribution in [0.15, 0.2) is 12.3 Å². The van der Waals surface area contributed by atoms with Crippen molar-refractivity contribution in [1.82, 2.24) is 20.2 Å². The van der Waals surface area contributed by atoms with Crippen molar-refractivity contribution in [1.29, 1.82) is 0 Å². The molecule has 2 aliphatic rings. The Morgan fingerprint density at radius 2 is 1.92 bits per heavy atom. The first kappa shape index (κ1) is 26.3. The maximum Gasteiger partial charge on any atom is 0.417 e. The van der Waals surface area contributed by atoms with Gasteiger partial charge in [0, 0.05) is 35.9 Å². The van der Waals surface area contributed by atoms with Gasteiger partial charge in [-0.2, -0.15) is 13.2 Å². The van der Waals surface area contributed by atoms with E-state index >= 15 is 0 Å². The number of amides is 2. The van der Waals surface area contributed by atoms with Gasteiger partial charge >= 0.3 is 6.18 Å². The lowest BCUT2D eigenvalue weighted by atomic mass is 9.89. The zero-order valence-electron chi connectivity index (χ0n) is 20.6. The Balaban J connectivity index is 1.79. The van der Waals surface area contributed by atoms with Gasteiger partial charge in [-0.25, -0.2) is 9.97 Å². The van der Waals surface area contributed by atoms with Crippen LogP contribution in [0.4, 0.5) is 19.0 Å². The number of nitrogens with zero attached hydrogens (tertiary/aromatic N) is 3. The number of carbonyl (C=O) groups excluding carboxylic acids is 2. The minimum Gasteiger partial charge on any atom is -0.393 e. The van der Waals surface area contributed by atoms with Gasteiger partial charge in [0.1, 0.15) is 11.5 Å². The van der Waals surface area contributed by atoms with Crippen molar-refractivity contribution in [2.24, 2.45) is 0 Å². The number of anilines is 1. The van der Waals surface area contributed by atoms with Crippen LogP contribution in [0.1, 0.15) is 79.2 Å². The molecular weight excluding hydrogens is 495 g/mol. The molecule has 0 aromatic carbocycles. The molecule has 1 aliphatic heterocycles. The van der Waals surface area contributed by atoms with Crippen LogP contribution < -0.4 is 10.6 Å². The predicted molar refractivity (Wildman–Crippen MR) is 130 cm³/mol. The third kappa shape index (κ3) is 5.64. The molecule has 0 spiro atoms. The summed E-state index contributed by atoms with van der Waals surface area (Å²) < 4.78 is 42.6. The zero-order valence-corrected chi connectivity index (χ0v) is 21.4. The van der Waals surface area contributed by atoms with Crippen molar-refractivity contribution in [2.75, 3.05) is 11.9 Å². The number of carbonyl (C=O) groups is 2. The van der Waals surface area contributed by atoms with E-state index in [0.717, 1.165) is 36.4 Å². The molecule has 2 aromatic heterocycles. The van der Waals surface area contributed by atoms with Gasteiger partial charge in [-0.3, -0.25) is 9.59 Å². The van der Waals surface area contributed by atoms with Crippen molar-refractivity contribution in [2.45, 2.75) is 83.3 Å². The molecule has 1 unspecified atom stereocenters. The number of rotatable bonds is 5. The number of aliphatic hydroxyl groups is 1. The van der Waals surface area contributed by atoms with Crippen LogP contribution in [0.3, 0.4) is 0 Å². The molecule has 8 nitrogen and oxygen atoms in total. The topological polar surface area (TPSA) is 107 Å². The van der Waals surface area contributed by atoms with Crippen molar-refractivity contribution < 1.29 is 27.9 Å². The molecular formula is C24H30F3N5O3S. The van der Waals surface area contributed by atoms with E-state index < -0.39 is 35.2 Å². The van der Waals surface area contributed by atoms with Crippen LogP contribution in [0.5, 0.6) is 0 Å². The number of hydrogen-bond donors (Lipinski definition) is 3. The molecule has 196 valence electrons. The molecule has 1 atom stereocenters. The number of likely N-dealkylation sites (tertiary alicyclic amines) is 1. The van der Waals surface area contributed by atoms with E-state index in [1.807, 2.05) is 6.92 Å². The number of aliphatic hydroxyl groups excluding tert-OH is 1. The summed E-state index contributed by atoms with van der Waals surface area (Å²) >= 11 is 0.742. The van der Waals surface area contributed by atoms with E-state index in [0.29, 0.717) is 19.4 Å². The van der Waals surface area contributed by atoms with E-state index in [4.69, 9.17) is 0 Å². The Morgan fingerprint density at radius 3 is 2.47 bits per heavy atom. The summed E-state index contributed by atoms with van der Waals surface area (Å²) in [5, 5.41) is 15.0. The van der Waals surface area contributed by atoms with Crippen LogP contribution in [0.25, 0.3) is 10.4 Å².